The van der Waals surface area contributed by atoms with Gasteiger partial charge in [0.05, 0.1) is 0 Å². The van der Waals surface area contributed by atoms with Gasteiger partial charge >= 0.3 is 0 Å². The van der Waals surface area contributed by atoms with E-state index in [4.69, 9.17) is 4.79 Å². The van der Waals surface area contributed by atoms with E-state index in [-0.39, 0.29) is 13.2 Å². The highest BCUT2D eigenvalue weighted by molar-refractivity contribution is 5.72. The van der Waals surface area contributed by atoms with Crippen LogP contribution in [0.1, 0.15) is 28.2 Å². The Morgan fingerprint density at radius 1 is 1.38 bits per heavy atom. The molecule has 8 heavy (non-hydrogen) atoms. The topological polar surface area (TPSA) is 34.1 Å². The SMILES string of the molecule is C.CC(C)=O.CC=O. The molecule has 0 aromatic heterocycles. The number of hydrogen-bond donors (Lipinski definition) is 0. The van der Waals surface area contributed by atoms with Crippen LogP contribution in [0.5, 0.6) is 0 Å². The molecule has 0 aliphatic carbocycles. The zero-order chi connectivity index (χ0) is 6.28. The van der Waals surface area contributed by atoms with Crippen LogP contribution in [-0.2, 0) is 9.59 Å². The molecule has 0 fully saturated rings. The van der Waals surface area contributed by atoms with E-state index in [0.29, 0.717) is 0 Å². The number of aldehydes is 1. The second-order valence-corrected chi connectivity index (χ2v) is 1.14. The fraction of sp³-hybridized carbons (Fsp3) is 0.667. The Morgan fingerprint density at radius 2 is 1.38 bits per heavy atom. The number of Topliss-reactive ketones (excluding diaryl/α,β-unsaturated/α-hetero) is 1. The molecule has 0 rings (SSSR count). The van der Waals surface area contributed by atoms with Gasteiger partial charge in [0.25, 0.3) is 0 Å². The molecule has 0 aromatic rings. The first-order chi connectivity index (χ1) is 3.15. The van der Waals surface area contributed by atoms with Crippen molar-refractivity contribution in [1.82, 2.24) is 0 Å². The summed E-state index contributed by atoms with van der Waals surface area (Å²) in [6.07, 6.45) is 0.750. The molecular weight excluding hydrogens is 104 g/mol. The Morgan fingerprint density at radius 3 is 1.38 bits per heavy atom. The molecule has 0 saturated carbocycles. The van der Waals surface area contributed by atoms with Gasteiger partial charge in [-0.3, -0.25) is 0 Å². The summed E-state index contributed by atoms with van der Waals surface area (Å²) in [5, 5.41) is 0. The van der Waals surface area contributed by atoms with Crippen LogP contribution in [0.25, 0.3) is 0 Å². The first-order valence-corrected chi connectivity index (χ1v) is 2.02. The van der Waals surface area contributed by atoms with Crippen LogP contribution in [0.2, 0.25) is 0 Å². The van der Waals surface area contributed by atoms with E-state index in [2.05, 4.69) is 0 Å². The lowest BCUT2D eigenvalue weighted by Crippen LogP contribution is -1.69. The van der Waals surface area contributed by atoms with Gasteiger partial charge in [-0.1, -0.05) is 7.43 Å². The van der Waals surface area contributed by atoms with E-state index in [9.17, 15) is 4.79 Å². The predicted octanol–water partition coefficient (Wildman–Crippen LogP) is 1.44. The lowest BCUT2D eigenvalue weighted by Gasteiger charge is -1.56. The third-order valence-corrected chi connectivity index (χ3v) is 0. The number of carbonyl (C=O) groups excluding carboxylic acids is 2. The van der Waals surface area contributed by atoms with Gasteiger partial charge in [0.15, 0.2) is 0 Å². The summed E-state index contributed by atoms with van der Waals surface area (Å²) in [6, 6.07) is 0. The normalized spacial score (nSPS) is 4.88. The minimum absolute atomic E-state index is 0. The molecule has 0 aromatic carbocycles. The fourth-order valence-electron chi connectivity index (χ4n) is 0. The van der Waals surface area contributed by atoms with Crippen LogP contribution in [0.15, 0.2) is 0 Å². The van der Waals surface area contributed by atoms with E-state index in [1.807, 2.05) is 0 Å². The highest BCUT2D eigenvalue weighted by atomic mass is 16.1. The minimum atomic E-state index is 0. The standard InChI is InChI=1S/C3H6O.C2H4O.CH4/c1-3(2)4;1-2-3;/h1-2H3;2H,1H3;1H4. The average molecular weight is 118 g/mol. The third-order valence-electron chi connectivity index (χ3n) is 0. The van der Waals surface area contributed by atoms with E-state index >= 15 is 0 Å². The van der Waals surface area contributed by atoms with Crippen molar-refractivity contribution in [3.63, 3.8) is 0 Å². The molecule has 0 atom stereocenters. The van der Waals surface area contributed by atoms with Gasteiger partial charge in [0.2, 0.25) is 0 Å². The Balaban J connectivity index is -0.0000000575. The molecule has 2 heteroatoms. The Kier molecular flexibility index (Phi) is 31.7. The number of rotatable bonds is 0. The van der Waals surface area contributed by atoms with Crippen LogP contribution < -0.4 is 0 Å². The third kappa shape index (κ3) is 231. The Bertz CT molecular complexity index is 53.5. The summed E-state index contributed by atoms with van der Waals surface area (Å²) < 4.78 is 0. The molecule has 0 unspecified atom stereocenters. The lowest BCUT2D eigenvalue weighted by molar-refractivity contribution is -0.115. The van der Waals surface area contributed by atoms with E-state index in [1.165, 1.54) is 20.8 Å². The molecule has 0 N–H and O–H groups in total. The van der Waals surface area contributed by atoms with Crippen LogP contribution >= 0.6 is 0 Å². The second kappa shape index (κ2) is 16.2. The first kappa shape index (κ1) is 15.7. The smallest absolute Gasteiger partial charge is 0.126 e. The summed E-state index contributed by atoms with van der Waals surface area (Å²) in [7, 11) is 0. The number of ketones is 1. The van der Waals surface area contributed by atoms with Crippen LogP contribution in [0.3, 0.4) is 0 Å². The maximum absolute atomic E-state index is 9.44. The Labute approximate surface area is 50.9 Å². The molecule has 0 saturated heterocycles. The van der Waals surface area contributed by atoms with Gasteiger partial charge < -0.3 is 9.59 Å². The van der Waals surface area contributed by atoms with Crippen molar-refractivity contribution in [3.8, 4) is 0 Å². The van der Waals surface area contributed by atoms with Crippen molar-refractivity contribution in [2.24, 2.45) is 0 Å². The van der Waals surface area contributed by atoms with Gasteiger partial charge in [-0.15, -0.1) is 0 Å². The van der Waals surface area contributed by atoms with E-state index < -0.39 is 0 Å². The highest BCUT2D eigenvalue weighted by Crippen LogP contribution is 1.50. The maximum atomic E-state index is 9.44. The molecule has 50 valence electrons. The molecule has 2 nitrogen and oxygen atoms in total. The van der Waals surface area contributed by atoms with Crippen molar-refractivity contribution < 1.29 is 9.59 Å². The Hall–Kier alpha value is -0.660. The van der Waals surface area contributed by atoms with Crippen molar-refractivity contribution in [3.05, 3.63) is 0 Å². The first-order valence-electron chi connectivity index (χ1n) is 2.02. The predicted molar refractivity (Wildman–Crippen MR) is 34.8 cm³/mol. The molecule has 0 spiro atoms. The zero-order valence-corrected chi connectivity index (χ0v) is 4.89. The number of hydrogen-bond acceptors (Lipinski definition) is 2. The minimum Gasteiger partial charge on any atom is -0.304 e. The van der Waals surface area contributed by atoms with Crippen LogP contribution in [-0.4, -0.2) is 12.1 Å². The highest BCUT2D eigenvalue weighted by Gasteiger charge is 1.62. The quantitative estimate of drug-likeness (QED) is 0.451. The molecule has 0 aliphatic rings. The summed E-state index contributed by atoms with van der Waals surface area (Å²) in [5.41, 5.74) is 0. The summed E-state index contributed by atoms with van der Waals surface area (Å²) >= 11 is 0. The van der Waals surface area contributed by atoms with Crippen LogP contribution in [0.4, 0.5) is 0 Å². The largest absolute Gasteiger partial charge is 0.304 e. The molecule has 0 radical (unpaired) electrons. The second-order valence-electron chi connectivity index (χ2n) is 1.14. The molecule has 0 heterocycles. The van der Waals surface area contributed by atoms with Crippen molar-refractivity contribution in [2.75, 3.05) is 0 Å². The van der Waals surface area contributed by atoms with Gasteiger partial charge in [-0.25, -0.2) is 0 Å². The molecule has 0 aliphatic heterocycles. The summed E-state index contributed by atoms with van der Waals surface area (Å²) in [4.78, 5) is 18.2. The van der Waals surface area contributed by atoms with E-state index in [0.717, 1.165) is 6.29 Å². The van der Waals surface area contributed by atoms with Crippen molar-refractivity contribution >= 4 is 12.1 Å². The lowest BCUT2D eigenvalue weighted by atomic mass is 10.6. The van der Waals surface area contributed by atoms with E-state index in [1.54, 1.807) is 0 Å². The van der Waals surface area contributed by atoms with Crippen LogP contribution in [0, 0.1) is 0 Å². The van der Waals surface area contributed by atoms with Gasteiger partial charge in [-0.05, 0) is 20.8 Å². The van der Waals surface area contributed by atoms with Gasteiger partial charge in [-0.2, -0.15) is 0 Å². The van der Waals surface area contributed by atoms with Gasteiger partial charge in [0, 0.05) is 0 Å². The monoisotopic (exact) mass is 118 g/mol. The van der Waals surface area contributed by atoms with Crippen molar-refractivity contribution in [1.29, 1.82) is 0 Å². The average Bonchev–Trinajstić information content (AvgIpc) is 1.33. The summed E-state index contributed by atoms with van der Waals surface area (Å²) in [5.74, 6) is 0.167. The van der Waals surface area contributed by atoms with Crippen molar-refractivity contribution in [2.45, 2.75) is 28.2 Å². The fourth-order valence-corrected chi connectivity index (χ4v) is 0. The molecular formula is C6H14O2. The van der Waals surface area contributed by atoms with Gasteiger partial charge in [0.1, 0.15) is 12.1 Å². The summed E-state index contributed by atoms with van der Waals surface area (Å²) in [6.45, 7) is 4.50. The maximum Gasteiger partial charge on any atom is 0.126 e. The zero-order valence-electron chi connectivity index (χ0n) is 4.89. The molecule has 0 bridgehead atoms. The number of carbonyl (C=O) groups is 2. The molecule has 0 amide bonds.